The van der Waals surface area contributed by atoms with E-state index >= 15 is 0 Å². The molecule has 0 aliphatic rings. The first-order valence-corrected chi connectivity index (χ1v) is 16.0. The number of carbonyl (C=O) groups excluding carboxylic acids is 1. The average Bonchev–Trinajstić information content (AvgIpc) is 3.39. The molecule has 0 bridgehead atoms. The molecule has 236 valence electrons. The van der Waals surface area contributed by atoms with Crippen LogP contribution in [-0.4, -0.2) is 52.9 Å². The Hall–Kier alpha value is -4.64. The number of aliphatic imine (C=N–C) groups is 1. The van der Waals surface area contributed by atoms with Crippen molar-refractivity contribution < 1.29 is 4.79 Å². The van der Waals surface area contributed by atoms with Crippen LogP contribution in [0.25, 0.3) is 22.2 Å². The van der Waals surface area contributed by atoms with E-state index in [1.807, 2.05) is 63.3 Å². The van der Waals surface area contributed by atoms with Gasteiger partial charge in [0.2, 0.25) is 11.9 Å². The number of amides is 1. The van der Waals surface area contributed by atoms with Crippen LogP contribution in [0.4, 0.5) is 0 Å². The molecule has 4 aromatic rings. The summed E-state index contributed by atoms with van der Waals surface area (Å²) in [7, 11) is 0. The Morgan fingerprint density at radius 2 is 1.71 bits per heavy atom. The van der Waals surface area contributed by atoms with E-state index in [4.69, 9.17) is 0 Å². The summed E-state index contributed by atoms with van der Waals surface area (Å²) in [6.07, 6.45) is 9.27. The lowest BCUT2D eigenvalue weighted by atomic mass is 9.82. The summed E-state index contributed by atoms with van der Waals surface area (Å²) in [6, 6.07) is 17.0. The maximum Gasteiger partial charge on any atom is 0.232 e. The largest absolute Gasteiger partial charge is 0.355 e. The van der Waals surface area contributed by atoms with E-state index in [2.05, 4.69) is 75.8 Å². The zero-order valence-corrected chi connectivity index (χ0v) is 27.6. The standard InChI is InChI=1S/C37H47N7O/c1-7-44(8-2)35(45)37(5,6)30-12-13-33-32(24-30)31(34(43-33)29-22-26(3)21-27(4)23-29)16-20-41-36(42-25-38)40-17-10-9-11-28-14-18-39-19-15-28/h12-15,18-19,21-24,43H,7-11,16-17,20H2,1-6H3,(H2,40,41,42). The van der Waals surface area contributed by atoms with Crippen molar-refractivity contribution in [3.8, 4) is 17.5 Å². The zero-order valence-electron chi connectivity index (χ0n) is 27.6. The van der Waals surface area contributed by atoms with Gasteiger partial charge in [0.1, 0.15) is 0 Å². The number of nitrogens with one attached hydrogen (secondary N) is 3. The fraction of sp³-hybridized carbons (Fsp3) is 0.405. The molecule has 0 aliphatic heterocycles. The van der Waals surface area contributed by atoms with Gasteiger partial charge in [-0.1, -0.05) is 23.3 Å². The number of pyridine rings is 1. The third-order valence-electron chi connectivity index (χ3n) is 8.46. The predicted molar refractivity (Wildman–Crippen MR) is 184 cm³/mol. The molecule has 1 amide bonds. The fourth-order valence-corrected chi connectivity index (χ4v) is 5.97. The van der Waals surface area contributed by atoms with Gasteiger partial charge in [0.05, 0.1) is 5.41 Å². The second-order valence-electron chi connectivity index (χ2n) is 12.2. The van der Waals surface area contributed by atoms with E-state index in [0.717, 1.165) is 47.0 Å². The van der Waals surface area contributed by atoms with Crippen molar-refractivity contribution in [2.45, 2.75) is 72.6 Å². The number of rotatable bonds is 13. The summed E-state index contributed by atoms with van der Waals surface area (Å²) < 4.78 is 0. The number of aromatic amines is 1. The topological polar surface area (TPSA) is 109 Å². The van der Waals surface area contributed by atoms with Gasteiger partial charge in [0.15, 0.2) is 6.19 Å². The van der Waals surface area contributed by atoms with E-state index in [9.17, 15) is 10.1 Å². The van der Waals surface area contributed by atoms with Crippen LogP contribution in [0, 0.1) is 25.3 Å². The van der Waals surface area contributed by atoms with Gasteiger partial charge in [-0.2, -0.15) is 5.26 Å². The number of hydrogen-bond acceptors (Lipinski definition) is 4. The van der Waals surface area contributed by atoms with Gasteiger partial charge < -0.3 is 15.2 Å². The van der Waals surface area contributed by atoms with Crippen molar-refractivity contribution in [3.63, 3.8) is 0 Å². The number of hydrogen-bond donors (Lipinski definition) is 3. The van der Waals surface area contributed by atoms with Crippen LogP contribution in [0.1, 0.15) is 68.4 Å². The molecule has 0 saturated heterocycles. The molecule has 3 N–H and O–H groups in total. The number of aromatic nitrogens is 2. The number of H-pyrrole nitrogens is 1. The Morgan fingerprint density at radius 1 is 1.00 bits per heavy atom. The number of benzene rings is 2. The summed E-state index contributed by atoms with van der Waals surface area (Å²) in [5, 5.41) is 16.5. The second-order valence-corrected chi connectivity index (χ2v) is 12.2. The summed E-state index contributed by atoms with van der Waals surface area (Å²) in [6.45, 7) is 14.9. The first-order valence-electron chi connectivity index (χ1n) is 16.0. The van der Waals surface area contributed by atoms with Crippen molar-refractivity contribution in [2.24, 2.45) is 4.99 Å². The van der Waals surface area contributed by atoms with Gasteiger partial charge >= 0.3 is 0 Å². The van der Waals surface area contributed by atoms with E-state index in [1.54, 1.807) is 0 Å². The SMILES string of the molecule is CCN(CC)C(=O)C(C)(C)c1ccc2[nH]c(-c3cc(C)cc(C)c3)c(CCNC(=NCCCCc3ccncc3)NC#N)c2c1. The molecule has 0 aliphatic carbocycles. The number of guanidine groups is 1. The number of likely N-dealkylation sites (N-methyl/N-ethyl adjacent to an activating group) is 1. The minimum Gasteiger partial charge on any atom is -0.355 e. The van der Waals surface area contributed by atoms with Crippen LogP contribution in [-0.2, 0) is 23.1 Å². The van der Waals surface area contributed by atoms with Crippen LogP contribution in [0.15, 0.2) is 65.9 Å². The van der Waals surface area contributed by atoms with E-state index < -0.39 is 5.41 Å². The van der Waals surface area contributed by atoms with Crippen molar-refractivity contribution in [1.82, 2.24) is 25.5 Å². The first-order chi connectivity index (χ1) is 21.7. The third-order valence-corrected chi connectivity index (χ3v) is 8.46. The molecule has 8 heteroatoms. The average molecular weight is 606 g/mol. The summed E-state index contributed by atoms with van der Waals surface area (Å²) in [5.41, 5.74) is 8.42. The minimum absolute atomic E-state index is 0.129. The molecule has 0 spiro atoms. The Morgan fingerprint density at radius 3 is 2.38 bits per heavy atom. The third kappa shape index (κ3) is 8.30. The quantitative estimate of drug-likeness (QED) is 0.0525. The summed E-state index contributed by atoms with van der Waals surface area (Å²) in [4.78, 5) is 27.8. The lowest BCUT2D eigenvalue weighted by Crippen LogP contribution is -2.43. The first kappa shape index (κ1) is 33.3. The molecular weight excluding hydrogens is 558 g/mol. The molecule has 0 saturated carbocycles. The highest BCUT2D eigenvalue weighted by Crippen LogP contribution is 2.35. The van der Waals surface area contributed by atoms with Crippen LogP contribution in [0.3, 0.4) is 0 Å². The fourth-order valence-electron chi connectivity index (χ4n) is 5.97. The number of nitrogens with zero attached hydrogens (tertiary/aromatic N) is 4. The Balaban J connectivity index is 1.58. The van der Waals surface area contributed by atoms with E-state index in [-0.39, 0.29) is 5.91 Å². The predicted octanol–water partition coefficient (Wildman–Crippen LogP) is 6.57. The van der Waals surface area contributed by atoms with Gasteiger partial charge in [-0.3, -0.25) is 20.1 Å². The van der Waals surface area contributed by atoms with Crippen molar-refractivity contribution in [1.29, 1.82) is 5.26 Å². The van der Waals surface area contributed by atoms with Crippen LogP contribution in [0.5, 0.6) is 0 Å². The molecule has 0 atom stereocenters. The van der Waals surface area contributed by atoms with Crippen LogP contribution in [0.2, 0.25) is 0 Å². The molecule has 4 rings (SSSR count). The lowest BCUT2D eigenvalue weighted by molar-refractivity contribution is -0.135. The van der Waals surface area contributed by atoms with Gasteiger partial charge in [-0.15, -0.1) is 0 Å². The molecule has 2 aromatic heterocycles. The highest BCUT2D eigenvalue weighted by atomic mass is 16.2. The van der Waals surface area contributed by atoms with Gasteiger partial charge in [-0.05, 0) is 126 Å². The number of aryl methyl sites for hydroxylation is 3. The minimum atomic E-state index is -0.666. The normalized spacial score (nSPS) is 11.8. The molecule has 2 heterocycles. The number of unbranched alkanes of at least 4 members (excludes halogenated alkanes) is 1. The molecule has 8 nitrogen and oxygen atoms in total. The van der Waals surface area contributed by atoms with Crippen molar-refractivity contribution >= 4 is 22.8 Å². The smallest absolute Gasteiger partial charge is 0.232 e. The van der Waals surface area contributed by atoms with Gasteiger partial charge in [0.25, 0.3) is 0 Å². The zero-order chi connectivity index (χ0) is 32.4. The Kier molecular flexibility index (Phi) is 11.4. The van der Waals surface area contributed by atoms with E-state index in [0.29, 0.717) is 38.6 Å². The van der Waals surface area contributed by atoms with Crippen LogP contribution >= 0.6 is 0 Å². The molecule has 0 unspecified atom stereocenters. The summed E-state index contributed by atoms with van der Waals surface area (Å²) in [5.74, 6) is 0.616. The van der Waals surface area contributed by atoms with Crippen molar-refractivity contribution in [2.75, 3.05) is 26.2 Å². The van der Waals surface area contributed by atoms with Crippen LogP contribution < -0.4 is 10.6 Å². The maximum atomic E-state index is 13.5. The maximum absolute atomic E-state index is 13.5. The highest BCUT2D eigenvalue weighted by Gasteiger charge is 2.33. The van der Waals surface area contributed by atoms with E-state index in [1.165, 1.54) is 22.3 Å². The summed E-state index contributed by atoms with van der Waals surface area (Å²) >= 11 is 0. The van der Waals surface area contributed by atoms with Gasteiger partial charge in [-0.25, -0.2) is 0 Å². The number of fused-ring (bicyclic) bond motifs is 1. The molecule has 45 heavy (non-hydrogen) atoms. The van der Waals surface area contributed by atoms with Gasteiger partial charge in [0, 0.05) is 55.2 Å². The molecule has 0 radical (unpaired) electrons. The number of carbonyl (C=O) groups is 1. The Bertz CT molecular complexity index is 1640. The molecule has 2 aromatic carbocycles. The second kappa shape index (κ2) is 15.4. The molecular formula is C37H47N7O. The number of nitriles is 1. The Labute approximate surface area is 268 Å². The van der Waals surface area contributed by atoms with Crippen molar-refractivity contribution in [3.05, 3.63) is 88.7 Å². The monoisotopic (exact) mass is 605 g/mol. The molecule has 0 fully saturated rings. The lowest BCUT2D eigenvalue weighted by Gasteiger charge is -2.31. The highest BCUT2D eigenvalue weighted by molar-refractivity contribution is 5.94.